The summed E-state index contributed by atoms with van der Waals surface area (Å²) in [4.78, 5) is 11.4. The first-order valence-corrected chi connectivity index (χ1v) is 17.7. The van der Waals surface area contributed by atoms with Crippen LogP contribution in [0.15, 0.2) is 66.0 Å². The Labute approximate surface area is 294 Å². The van der Waals surface area contributed by atoms with Crippen LogP contribution >= 0.6 is 11.6 Å². The minimum atomic E-state index is -3.97. The average Bonchev–Trinajstić information content (AvgIpc) is 3.82. The van der Waals surface area contributed by atoms with Gasteiger partial charge in [-0.15, -0.1) is 4.09 Å². The second-order valence-electron chi connectivity index (χ2n) is 11.5. The predicted octanol–water partition coefficient (Wildman–Crippen LogP) is 5.01. The quantitative estimate of drug-likeness (QED) is 0.154. The first kappa shape index (κ1) is 33.4. The standard InChI is InChI=1S/C35H33ClN6O7S/c1-23-4-8-26(9-5-23)50(43,44)42-25(10-11-39-42)7-6-24-18-28(36)32(34-33(24)48-22-49-34)40-35-27-19-30(45-2)31(20-29(27)37-21-38-35)47-15-3-12-41-13-16-46-17-14-41/h4-5,8-11,18-21H,3,12-17,22H2,1-2H3,(H,37,38,40). The number of fused-ring (bicyclic) bond motifs is 2. The first-order valence-electron chi connectivity index (χ1n) is 15.8. The molecule has 258 valence electrons. The average molecular weight is 717 g/mol. The fourth-order valence-corrected chi connectivity index (χ4v) is 7.07. The number of benzene rings is 3. The third kappa shape index (κ3) is 6.86. The van der Waals surface area contributed by atoms with Crippen LogP contribution in [0.4, 0.5) is 11.5 Å². The summed E-state index contributed by atoms with van der Waals surface area (Å²) in [6, 6.07) is 13.3. The molecule has 4 heterocycles. The van der Waals surface area contributed by atoms with Gasteiger partial charge in [0.15, 0.2) is 23.0 Å². The van der Waals surface area contributed by atoms with Crippen LogP contribution in [-0.4, -0.2) is 85.8 Å². The van der Waals surface area contributed by atoms with Crippen molar-refractivity contribution in [3.05, 3.63) is 82.9 Å². The van der Waals surface area contributed by atoms with Gasteiger partial charge in [-0.2, -0.15) is 13.5 Å². The number of morpholine rings is 1. The molecule has 2 aliphatic heterocycles. The number of ether oxygens (including phenoxy) is 5. The minimum Gasteiger partial charge on any atom is -0.493 e. The molecule has 1 fully saturated rings. The van der Waals surface area contributed by atoms with Crippen LogP contribution in [0.2, 0.25) is 5.02 Å². The van der Waals surface area contributed by atoms with Crippen LogP contribution in [0.1, 0.15) is 23.2 Å². The maximum absolute atomic E-state index is 13.3. The van der Waals surface area contributed by atoms with E-state index < -0.39 is 10.0 Å². The Bertz CT molecular complexity index is 2210. The fourth-order valence-electron chi connectivity index (χ4n) is 5.61. The summed E-state index contributed by atoms with van der Waals surface area (Å²) in [6.07, 6.45) is 3.68. The topological polar surface area (TPSA) is 139 Å². The van der Waals surface area contributed by atoms with Gasteiger partial charge >= 0.3 is 0 Å². The van der Waals surface area contributed by atoms with Crippen molar-refractivity contribution in [3.8, 4) is 34.8 Å². The highest BCUT2D eigenvalue weighted by Crippen LogP contribution is 2.47. The Kier molecular flexibility index (Phi) is 9.64. The summed E-state index contributed by atoms with van der Waals surface area (Å²) < 4.78 is 56.3. The van der Waals surface area contributed by atoms with E-state index in [4.69, 9.17) is 35.3 Å². The second-order valence-corrected chi connectivity index (χ2v) is 13.7. The lowest BCUT2D eigenvalue weighted by atomic mass is 10.1. The molecule has 0 saturated carbocycles. The molecule has 15 heteroatoms. The summed E-state index contributed by atoms with van der Waals surface area (Å²) in [7, 11) is -2.39. The monoisotopic (exact) mass is 716 g/mol. The van der Waals surface area contributed by atoms with Gasteiger partial charge in [-0.3, -0.25) is 4.90 Å². The number of hydrogen-bond acceptors (Lipinski definition) is 12. The molecule has 50 heavy (non-hydrogen) atoms. The first-order chi connectivity index (χ1) is 24.3. The number of aryl methyl sites for hydroxylation is 1. The van der Waals surface area contributed by atoms with Gasteiger partial charge in [0.2, 0.25) is 6.79 Å². The largest absolute Gasteiger partial charge is 0.493 e. The zero-order valence-electron chi connectivity index (χ0n) is 27.3. The number of halogens is 1. The molecule has 2 aliphatic rings. The molecule has 2 aromatic heterocycles. The van der Waals surface area contributed by atoms with Gasteiger partial charge in [0, 0.05) is 31.1 Å². The Morgan fingerprint density at radius 1 is 1.00 bits per heavy atom. The number of aromatic nitrogens is 4. The van der Waals surface area contributed by atoms with Crippen LogP contribution in [0, 0.1) is 18.8 Å². The van der Waals surface area contributed by atoms with E-state index in [2.05, 4.69) is 37.1 Å². The molecule has 13 nitrogen and oxygen atoms in total. The smallest absolute Gasteiger partial charge is 0.284 e. The molecule has 0 radical (unpaired) electrons. The normalized spacial score (nSPS) is 14.3. The summed E-state index contributed by atoms with van der Waals surface area (Å²) in [6.45, 7) is 6.65. The molecule has 0 atom stereocenters. The predicted molar refractivity (Wildman–Crippen MR) is 186 cm³/mol. The number of methoxy groups -OCH3 is 1. The second kappa shape index (κ2) is 14.4. The van der Waals surface area contributed by atoms with Gasteiger partial charge in [0.25, 0.3) is 10.0 Å². The third-order valence-corrected chi connectivity index (χ3v) is 10.1. The molecular formula is C35H33ClN6O7S. The summed E-state index contributed by atoms with van der Waals surface area (Å²) in [5, 5.41) is 8.25. The van der Waals surface area contributed by atoms with Gasteiger partial charge < -0.3 is 29.0 Å². The minimum absolute atomic E-state index is 0.0661. The molecular weight excluding hydrogens is 684 g/mol. The summed E-state index contributed by atoms with van der Waals surface area (Å²) in [5.74, 6) is 8.14. The number of rotatable bonds is 10. The van der Waals surface area contributed by atoms with Crippen molar-refractivity contribution < 1.29 is 32.1 Å². The number of nitrogens with one attached hydrogen (secondary N) is 1. The van der Waals surface area contributed by atoms with Gasteiger partial charge in [-0.25, -0.2) is 9.97 Å². The Morgan fingerprint density at radius 3 is 2.60 bits per heavy atom. The lowest BCUT2D eigenvalue weighted by Crippen LogP contribution is -2.37. The molecule has 0 aliphatic carbocycles. The van der Waals surface area contributed by atoms with Crippen LogP contribution in [0.3, 0.4) is 0 Å². The fraction of sp³-hybridized carbons (Fsp3) is 0.286. The van der Waals surface area contributed by atoms with Crippen LogP contribution in [0.5, 0.6) is 23.0 Å². The van der Waals surface area contributed by atoms with Crippen molar-refractivity contribution in [2.75, 3.05) is 58.7 Å². The maximum Gasteiger partial charge on any atom is 0.284 e. The van der Waals surface area contributed by atoms with Crippen molar-refractivity contribution in [2.45, 2.75) is 18.2 Å². The highest BCUT2D eigenvalue weighted by atomic mass is 35.5. The molecule has 1 saturated heterocycles. The van der Waals surface area contributed by atoms with E-state index in [0.29, 0.717) is 57.6 Å². The van der Waals surface area contributed by atoms with Crippen molar-refractivity contribution in [3.63, 3.8) is 0 Å². The van der Waals surface area contributed by atoms with Crippen LogP contribution < -0.4 is 24.3 Å². The molecule has 7 rings (SSSR count). The molecule has 5 aromatic rings. The molecule has 0 amide bonds. The Morgan fingerprint density at radius 2 is 1.80 bits per heavy atom. The lowest BCUT2D eigenvalue weighted by molar-refractivity contribution is 0.0357. The highest BCUT2D eigenvalue weighted by Gasteiger charge is 2.26. The van der Waals surface area contributed by atoms with E-state index >= 15 is 0 Å². The van der Waals surface area contributed by atoms with E-state index in [9.17, 15) is 8.42 Å². The highest BCUT2D eigenvalue weighted by molar-refractivity contribution is 7.89. The van der Waals surface area contributed by atoms with Gasteiger partial charge in [0.1, 0.15) is 23.5 Å². The molecule has 1 N–H and O–H groups in total. The summed E-state index contributed by atoms with van der Waals surface area (Å²) >= 11 is 6.80. The number of hydrogen-bond donors (Lipinski definition) is 1. The molecule has 0 unspecified atom stereocenters. The zero-order chi connectivity index (χ0) is 34.7. The van der Waals surface area contributed by atoms with Crippen LogP contribution in [-0.2, 0) is 14.8 Å². The van der Waals surface area contributed by atoms with Gasteiger partial charge in [0.05, 0.1) is 54.1 Å². The van der Waals surface area contributed by atoms with E-state index in [-0.39, 0.29) is 22.4 Å². The van der Waals surface area contributed by atoms with Crippen molar-refractivity contribution in [2.24, 2.45) is 0 Å². The maximum atomic E-state index is 13.3. The van der Waals surface area contributed by atoms with Crippen molar-refractivity contribution >= 4 is 44.0 Å². The number of nitrogens with zero attached hydrogens (tertiary/aromatic N) is 5. The van der Waals surface area contributed by atoms with E-state index in [1.807, 2.05) is 19.1 Å². The Balaban J connectivity index is 1.13. The molecule has 3 aromatic carbocycles. The van der Waals surface area contributed by atoms with Crippen molar-refractivity contribution in [1.29, 1.82) is 0 Å². The molecule has 0 spiro atoms. The lowest BCUT2D eigenvalue weighted by Gasteiger charge is -2.26. The Hall–Kier alpha value is -5.07. The van der Waals surface area contributed by atoms with Crippen LogP contribution in [0.25, 0.3) is 10.9 Å². The van der Waals surface area contributed by atoms with E-state index in [0.717, 1.165) is 48.9 Å². The third-order valence-electron chi connectivity index (χ3n) is 8.22. The summed E-state index contributed by atoms with van der Waals surface area (Å²) in [5.41, 5.74) is 2.56. The van der Waals surface area contributed by atoms with Crippen molar-refractivity contribution in [1.82, 2.24) is 24.1 Å². The van der Waals surface area contributed by atoms with Gasteiger partial charge in [-0.1, -0.05) is 35.2 Å². The van der Waals surface area contributed by atoms with E-state index in [1.54, 1.807) is 25.3 Å². The number of anilines is 2. The SMILES string of the molecule is COc1cc2c(Nc3c(Cl)cc(C#Cc4ccnn4S(=O)(=O)c4ccc(C)cc4)c4c3OCO4)ncnc2cc1OCCCN1CCOCC1. The zero-order valence-corrected chi connectivity index (χ0v) is 28.9. The molecule has 0 bridgehead atoms. The van der Waals surface area contributed by atoms with E-state index in [1.165, 1.54) is 30.7 Å². The van der Waals surface area contributed by atoms with Gasteiger partial charge in [-0.05, 0) is 49.6 Å².